The standard InChI is InChI=1S/C28H27N3O8/c1-18(32)30-14-2-3-24(17-30)39-23-11-9-22(10-12-23)38-21-7-4-19(5-8-21)15-27(33)29-26-16-20(31(36)37)6-13-25(26)28(34)35/h4-13,16,24H,2-3,14-15,17H2,1H3,(H,29,33)(H,34,35)/t24-/m1/s1. The van der Waals surface area contributed by atoms with Crippen LogP contribution in [0.5, 0.6) is 17.2 Å². The summed E-state index contributed by atoms with van der Waals surface area (Å²) in [5, 5.41) is 22.8. The largest absolute Gasteiger partial charge is 0.489 e. The Morgan fingerprint density at radius 3 is 2.28 bits per heavy atom. The van der Waals surface area contributed by atoms with Crippen LogP contribution in [0, 0.1) is 10.1 Å². The molecule has 0 spiro atoms. The van der Waals surface area contributed by atoms with Crippen molar-refractivity contribution in [2.45, 2.75) is 32.3 Å². The van der Waals surface area contributed by atoms with Crippen molar-refractivity contribution in [2.24, 2.45) is 0 Å². The number of aromatic carboxylic acids is 1. The number of benzene rings is 3. The molecule has 2 N–H and O–H groups in total. The van der Waals surface area contributed by atoms with Gasteiger partial charge in [-0.3, -0.25) is 19.7 Å². The minimum Gasteiger partial charge on any atom is -0.489 e. The fraction of sp³-hybridized carbons (Fsp3) is 0.250. The van der Waals surface area contributed by atoms with Gasteiger partial charge >= 0.3 is 5.97 Å². The summed E-state index contributed by atoms with van der Waals surface area (Å²) in [6, 6.07) is 17.1. The van der Waals surface area contributed by atoms with Gasteiger partial charge in [0, 0.05) is 25.6 Å². The Labute approximate surface area is 224 Å². The predicted molar refractivity (Wildman–Crippen MR) is 141 cm³/mol. The van der Waals surface area contributed by atoms with Crippen LogP contribution in [0.1, 0.15) is 35.7 Å². The number of anilines is 1. The number of ether oxygens (including phenoxy) is 2. The molecule has 11 nitrogen and oxygen atoms in total. The second-order valence-electron chi connectivity index (χ2n) is 9.08. The molecule has 0 aliphatic carbocycles. The van der Waals surface area contributed by atoms with Gasteiger partial charge in [0.2, 0.25) is 11.8 Å². The van der Waals surface area contributed by atoms with Crippen LogP contribution >= 0.6 is 0 Å². The van der Waals surface area contributed by atoms with Crippen LogP contribution in [0.25, 0.3) is 0 Å². The fourth-order valence-corrected chi connectivity index (χ4v) is 4.23. The zero-order valence-electron chi connectivity index (χ0n) is 21.2. The minimum atomic E-state index is -1.31. The van der Waals surface area contributed by atoms with E-state index >= 15 is 0 Å². The van der Waals surface area contributed by atoms with E-state index in [1.165, 1.54) is 0 Å². The maximum Gasteiger partial charge on any atom is 0.337 e. The Morgan fingerprint density at radius 2 is 1.67 bits per heavy atom. The Balaban J connectivity index is 1.32. The van der Waals surface area contributed by atoms with E-state index < -0.39 is 16.8 Å². The second kappa shape index (κ2) is 12.1. The molecule has 4 rings (SSSR count). The number of carbonyl (C=O) groups is 3. The van der Waals surface area contributed by atoms with Crippen molar-refractivity contribution >= 4 is 29.2 Å². The molecule has 0 aromatic heterocycles. The Morgan fingerprint density at radius 1 is 1.03 bits per heavy atom. The van der Waals surface area contributed by atoms with Crippen LogP contribution in [0.4, 0.5) is 11.4 Å². The summed E-state index contributed by atoms with van der Waals surface area (Å²) in [5.41, 5.74) is -0.0809. The van der Waals surface area contributed by atoms with Gasteiger partial charge in [-0.05, 0) is 60.9 Å². The van der Waals surface area contributed by atoms with Gasteiger partial charge in [-0.15, -0.1) is 0 Å². The van der Waals surface area contributed by atoms with Crippen molar-refractivity contribution in [2.75, 3.05) is 18.4 Å². The summed E-state index contributed by atoms with van der Waals surface area (Å²) in [7, 11) is 0. The molecule has 0 radical (unpaired) electrons. The summed E-state index contributed by atoms with van der Waals surface area (Å²) >= 11 is 0. The number of carboxylic acid groups (broad SMARTS) is 1. The Bertz CT molecular complexity index is 1370. The summed E-state index contributed by atoms with van der Waals surface area (Å²) < 4.78 is 11.9. The number of nitro groups is 1. The van der Waals surface area contributed by atoms with Gasteiger partial charge in [-0.2, -0.15) is 0 Å². The molecule has 1 heterocycles. The van der Waals surface area contributed by atoms with Gasteiger partial charge in [0.05, 0.1) is 29.1 Å². The topological polar surface area (TPSA) is 148 Å². The summed E-state index contributed by atoms with van der Waals surface area (Å²) in [4.78, 5) is 47.7. The van der Waals surface area contributed by atoms with E-state index in [1.54, 1.807) is 60.4 Å². The van der Waals surface area contributed by atoms with Crippen molar-refractivity contribution in [1.82, 2.24) is 4.90 Å². The molecule has 1 fully saturated rings. The minimum absolute atomic E-state index is 0.0492. The molecule has 2 amide bonds. The number of hydrogen-bond acceptors (Lipinski definition) is 7. The smallest absolute Gasteiger partial charge is 0.337 e. The molecule has 3 aromatic carbocycles. The van der Waals surface area contributed by atoms with E-state index in [0.29, 0.717) is 29.4 Å². The highest BCUT2D eigenvalue weighted by atomic mass is 16.6. The third-order valence-electron chi connectivity index (χ3n) is 6.19. The summed E-state index contributed by atoms with van der Waals surface area (Å²) in [5.74, 6) is 0.0433. The average Bonchev–Trinajstić information content (AvgIpc) is 2.91. The molecule has 202 valence electrons. The molecule has 1 saturated heterocycles. The number of nitrogens with one attached hydrogen (secondary N) is 1. The van der Waals surface area contributed by atoms with Gasteiger partial charge in [-0.25, -0.2) is 4.79 Å². The highest BCUT2D eigenvalue weighted by Gasteiger charge is 2.23. The molecule has 0 saturated carbocycles. The zero-order chi connectivity index (χ0) is 27.9. The number of non-ortho nitro benzene ring substituents is 1. The van der Waals surface area contributed by atoms with Crippen LogP contribution in [-0.2, 0) is 16.0 Å². The quantitative estimate of drug-likeness (QED) is 0.298. The van der Waals surface area contributed by atoms with Gasteiger partial charge in [0.15, 0.2) is 0 Å². The number of nitrogens with zero attached hydrogens (tertiary/aromatic N) is 2. The lowest BCUT2D eigenvalue weighted by Crippen LogP contribution is -2.43. The maximum atomic E-state index is 12.5. The third-order valence-corrected chi connectivity index (χ3v) is 6.19. The van der Waals surface area contributed by atoms with Crippen molar-refractivity contribution in [3.8, 4) is 17.2 Å². The molecule has 1 atom stereocenters. The van der Waals surface area contributed by atoms with E-state index in [2.05, 4.69) is 5.32 Å². The number of carboxylic acids is 1. The first-order valence-electron chi connectivity index (χ1n) is 12.3. The number of nitro benzene ring substituents is 1. The first kappa shape index (κ1) is 27.1. The molecular formula is C28H27N3O8. The van der Waals surface area contributed by atoms with E-state index in [9.17, 15) is 29.6 Å². The van der Waals surface area contributed by atoms with E-state index in [0.717, 1.165) is 37.6 Å². The van der Waals surface area contributed by atoms with Crippen LogP contribution in [0.15, 0.2) is 66.7 Å². The second-order valence-corrected chi connectivity index (χ2v) is 9.08. The molecule has 1 aliphatic heterocycles. The first-order chi connectivity index (χ1) is 18.7. The van der Waals surface area contributed by atoms with E-state index in [4.69, 9.17) is 9.47 Å². The maximum absolute atomic E-state index is 12.5. The van der Waals surface area contributed by atoms with Crippen molar-refractivity contribution in [3.63, 3.8) is 0 Å². The van der Waals surface area contributed by atoms with Crippen molar-refractivity contribution < 1.29 is 33.9 Å². The van der Waals surface area contributed by atoms with E-state index in [1.807, 2.05) is 0 Å². The van der Waals surface area contributed by atoms with Gasteiger partial charge in [-0.1, -0.05) is 12.1 Å². The highest BCUT2D eigenvalue weighted by Crippen LogP contribution is 2.27. The Kier molecular flexibility index (Phi) is 8.40. The normalized spacial score (nSPS) is 14.8. The number of amides is 2. The van der Waals surface area contributed by atoms with Crippen LogP contribution in [-0.4, -0.2) is 51.9 Å². The highest BCUT2D eigenvalue weighted by molar-refractivity contribution is 6.01. The SMILES string of the molecule is CC(=O)N1CCC[C@@H](Oc2ccc(Oc3ccc(CC(=O)Nc4cc([N+](=O)[O-])ccc4C(=O)O)cc3)cc2)C1. The van der Waals surface area contributed by atoms with Gasteiger partial charge in [0.1, 0.15) is 23.4 Å². The fourth-order valence-electron chi connectivity index (χ4n) is 4.23. The number of hydrogen-bond donors (Lipinski definition) is 2. The van der Waals surface area contributed by atoms with Crippen LogP contribution in [0.3, 0.4) is 0 Å². The lowest BCUT2D eigenvalue weighted by molar-refractivity contribution is -0.384. The van der Waals surface area contributed by atoms with Crippen LogP contribution in [0.2, 0.25) is 0 Å². The molecule has 0 unspecified atom stereocenters. The lowest BCUT2D eigenvalue weighted by Gasteiger charge is -2.32. The van der Waals surface area contributed by atoms with E-state index in [-0.39, 0.29) is 35.4 Å². The number of carbonyl (C=O) groups excluding carboxylic acids is 2. The van der Waals surface area contributed by atoms with Crippen molar-refractivity contribution in [3.05, 3.63) is 88.0 Å². The predicted octanol–water partition coefficient (Wildman–Crippen LogP) is 4.66. The molecule has 11 heteroatoms. The number of piperidine rings is 1. The summed E-state index contributed by atoms with van der Waals surface area (Å²) in [6.45, 7) is 2.89. The lowest BCUT2D eigenvalue weighted by atomic mass is 10.1. The molecule has 0 bridgehead atoms. The molecule has 3 aromatic rings. The number of rotatable bonds is 9. The number of likely N-dealkylation sites (tertiary alicyclic amines) is 1. The summed E-state index contributed by atoms with van der Waals surface area (Å²) in [6.07, 6.45) is 1.67. The van der Waals surface area contributed by atoms with Gasteiger partial charge in [0.25, 0.3) is 5.69 Å². The zero-order valence-corrected chi connectivity index (χ0v) is 21.2. The van der Waals surface area contributed by atoms with Gasteiger partial charge < -0.3 is 24.8 Å². The van der Waals surface area contributed by atoms with Crippen LogP contribution < -0.4 is 14.8 Å². The third kappa shape index (κ3) is 7.31. The Hall–Kier alpha value is -4.93. The molecule has 1 aliphatic rings. The van der Waals surface area contributed by atoms with Crippen molar-refractivity contribution in [1.29, 1.82) is 0 Å². The molecular weight excluding hydrogens is 506 g/mol. The molecule has 39 heavy (non-hydrogen) atoms. The average molecular weight is 534 g/mol. The first-order valence-corrected chi connectivity index (χ1v) is 12.3. The monoisotopic (exact) mass is 533 g/mol.